The van der Waals surface area contributed by atoms with Crippen LogP contribution in [0.25, 0.3) is 0 Å². The van der Waals surface area contributed by atoms with E-state index in [4.69, 9.17) is 5.73 Å². The molecule has 1 aromatic heterocycles. The van der Waals surface area contributed by atoms with Crippen molar-refractivity contribution in [3.8, 4) is 0 Å². The summed E-state index contributed by atoms with van der Waals surface area (Å²) in [5.74, 6) is 0.394. The van der Waals surface area contributed by atoms with Gasteiger partial charge in [-0.1, -0.05) is 19.8 Å². The fraction of sp³-hybridized carbons (Fsp3) is 0.692. The van der Waals surface area contributed by atoms with E-state index >= 15 is 0 Å². The highest BCUT2D eigenvalue weighted by Crippen LogP contribution is 2.29. The molecule has 1 fully saturated rings. The van der Waals surface area contributed by atoms with Crippen LogP contribution in [0, 0.1) is 5.92 Å². The summed E-state index contributed by atoms with van der Waals surface area (Å²) in [6.45, 7) is 2.40. The summed E-state index contributed by atoms with van der Waals surface area (Å²) in [6, 6.07) is 3.44. The minimum Gasteiger partial charge on any atom is -0.329 e. The molecule has 3 N–H and O–H groups in total. The Hall–Kier alpha value is -0.140. The van der Waals surface area contributed by atoms with Crippen LogP contribution in [0.2, 0.25) is 0 Å². The Morgan fingerprint density at radius 1 is 1.40 bits per heavy atom. The van der Waals surface area contributed by atoms with Gasteiger partial charge in [-0.05, 0) is 37.3 Å². The van der Waals surface area contributed by atoms with Gasteiger partial charge >= 0.3 is 0 Å². The molecule has 0 aromatic carbocycles. The Bertz CT molecular complexity index is 510. The van der Waals surface area contributed by atoms with Crippen LogP contribution < -0.4 is 10.5 Å². The molecule has 4 nitrogen and oxygen atoms in total. The van der Waals surface area contributed by atoms with Crippen molar-refractivity contribution in [3.63, 3.8) is 0 Å². The summed E-state index contributed by atoms with van der Waals surface area (Å²) in [5.41, 5.74) is 5.75. The number of aryl methyl sites for hydroxylation is 1. The van der Waals surface area contributed by atoms with Gasteiger partial charge in [0, 0.05) is 17.5 Å². The van der Waals surface area contributed by atoms with Crippen molar-refractivity contribution in [1.29, 1.82) is 0 Å². The van der Waals surface area contributed by atoms with Crippen molar-refractivity contribution in [3.05, 3.63) is 17.0 Å². The van der Waals surface area contributed by atoms with Crippen molar-refractivity contribution in [1.82, 2.24) is 4.72 Å². The fourth-order valence-corrected chi connectivity index (χ4v) is 5.28. The molecule has 7 heteroatoms. The molecule has 0 spiro atoms. The van der Waals surface area contributed by atoms with Crippen LogP contribution in [0.1, 0.15) is 37.5 Å². The van der Waals surface area contributed by atoms with Crippen molar-refractivity contribution in [2.24, 2.45) is 11.7 Å². The molecule has 2 rings (SSSR count). The minimum atomic E-state index is -3.41. The van der Waals surface area contributed by atoms with Crippen LogP contribution in [0.4, 0.5) is 0 Å². The summed E-state index contributed by atoms with van der Waals surface area (Å²) in [5, 5.41) is 0. The second kappa shape index (κ2) is 7.75. The first-order valence-electron chi connectivity index (χ1n) is 6.88. The summed E-state index contributed by atoms with van der Waals surface area (Å²) in [7, 11) is -3.41. The highest BCUT2D eigenvalue weighted by atomic mass is 35.5. The molecule has 1 aliphatic rings. The largest absolute Gasteiger partial charge is 0.329 e. The lowest BCUT2D eigenvalue weighted by Gasteiger charge is -2.22. The lowest BCUT2D eigenvalue weighted by Crippen LogP contribution is -2.44. The van der Waals surface area contributed by atoms with Crippen LogP contribution in [-0.2, 0) is 16.4 Å². The third-order valence-electron chi connectivity index (χ3n) is 3.78. The third kappa shape index (κ3) is 4.18. The summed E-state index contributed by atoms with van der Waals surface area (Å²) < 4.78 is 27.9. The number of thiophene rings is 1. The van der Waals surface area contributed by atoms with Crippen molar-refractivity contribution in [2.45, 2.75) is 49.3 Å². The van der Waals surface area contributed by atoms with Crippen molar-refractivity contribution < 1.29 is 8.42 Å². The minimum absolute atomic E-state index is 0. The lowest BCUT2D eigenvalue weighted by atomic mass is 9.99. The van der Waals surface area contributed by atoms with Gasteiger partial charge in [0.05, 0.1) is 0 Å². The van der Waals surface area contributed by atoms with Gasteiger partial charge in [0.15, 0.2) is 0 Å². The van der Waals surface area contributed by atoms with Crippen molar-refractivity contribution in [2.75, 3.05) is 6.54 Å². The van der Waals surface area contributed by atoms with Gasteiger partial charge in [0.2, 0.25) is 10.0 Å². The van der Waals surface area contributed by atoms with Crippen LogP contribution >= 0.6 is 23.7 Å². The SMILES string of the molecule is CCc1ccc(S(=O)(=O)NC(CN)C2CCCC2)s1.Cl. The number of rotatable bonds is 6. The second-order valence-electron chi connectivity index (χ2n) is 5.08. The predicted molar refractivity (Wildman–Crippen MR) is 86.1 cm³/mol. The molecule has 0 radical (unpaired) electrons. The number of nitrogens with two attached hydrogens (primary N) is 1. The number of sulfonamides is 1. The molecular formula is C13H23ClN2O2S2. The molecule has 1 unspecified atom stereocenters. The molecule has 0 aliphatic heterocycles. The Morgan fingerprint density at radius 2 is 2.05 bits per heavy atom. The van der Waals surface area contributed by atoms with Crippen molar-refractivity contribution >= 4 is 33.8 Å². The van der Waals surface area contributed by atoms with E-state index in [-0.39, 0.29) is 18.4 Å². The first-order chi connectivity index (χ1) is 9.06. The van der Waals surface area contributed by atoms with Gasteiger partial charge in [0.1, 0.15) is 4.21 Å². The molecule has 1 aromatic rings. The average Bonchev–Trinajstić information content (AvgIpc) is 3.06. The third-order valence-corrected chi connectivity index (χ3v) is 6.99. The van der Waals surface area contributed by atoms with Gasteiger partial charge in [0.25, 0.3) is 0 Å². The van der Waals surface area contributed by atoms with Gasteiger partial charge in [-0.2, -0.15) is 0 Å². The number of nitrogens with one attached hydrogen (secondary N) is 1. The quantitative estimate of drug-likeness (QED) is 0.837. The standard InChI is InChI=1S/C13H22N2O2S2.ClH/c1-2-11-7-8-13(18-11)19(16,17)15-12(9-14)10-5-3-4-6-10;/h7-8,10,12,15H,2-6,9,14H2,1H3;1H. The molecule has 0 amide bonds. The number of hydrogen-bond acceptors (Lipinski definition) is 4. The monoisotopic (exact) mass is 338 g/mol. The molecule has 0 bridgehead atoms. The molecule has 20 heavy (non-hydrogen) atoms. The zero-order chi connectivity index (χ0) is 13.9. The van der Waals surface area contributed by atoms with E-state index in [0.717, 1.165) is 24.1 Å². The van der Waals surface area contributed by atoms with E-state index in [2.05, 4.69) is 4.72 Å². The molecule has 1 saturated carbocycles. The molecular weight excluding hydrogens is 316 g/mol. The molecule has 0 saturated heterocycles. The topological polar surface area (TPSA) is 72.2 Å². The predicted octanol–water partition coefficient (Wildman–Crippen LogP) is 2.53. The van der Waals surface area contributed by atoms with Crippen LogP contribution in [0.3, 0.4) is 0 Å². The Kier molecular flexibility index (Phi) is 6.94. The van der Waals surface area contributed by atoms with E-state index < -0.39 is 10.0 Å². The highest BCUT2D eigenvalue weighted by Gasteiger charge is 2.28. The van der Waals surface area contributed by atoms with Gasteiger partial charge in [-0.25, -0.2) is 13.1 Å². The number of halogens is 1. The average molecular weight is 339 g/mol. The highest BCUT2D eigenvalue weighted by molar-refractivity contribution is 7.91. The van der Waals surface area contributed by atoms with Crippen LogP contribution in [0.5, 0.6) is 0 Å². The van der Waals surface area contributed by atoms with Gasteiger partial charge in [-0.3, -0.25) is 0 Å². The van der Waals surface area contributed by atoms with E-state index in [0.29, 0.717) is 16.7 Å². The number of hydrogen-bond donors (Lipinski definition) is 2. The van der Waals surface area contributed by atoms with Gasteiger partial charge in [-0.15, -0.1) is 23.7 Å². The Morgan fingerprint density at radius 3 is 2.55 bits per heavy atom. The summed E-state index contributed by atoms with van der Waals surface area (Å²) in [4.78, 5) is 1.09. The first-order valence-corrected chi connectivity index (χ1v) is 9.18. The second-order valence-corrected chi connectivity index (χ2v) is 8.19. The Labute approximate surface area is 131 Å². The summed E-state index contributed by atoms with van der Waals surface area (Å²) in [6.07, 6.45) is 5.39. The van der Waals surface area contributed by atoms with E-state index in [1.54, 1.807) is 6.07 Å². The zero-order valence-corrected chi connectivity index (χ0v) is 14.1. The molecule has 116 valence electrons. The lowest BCUT2D eigenvalue weighted by molar-refractivity contribution is 0.406. The fourth-order valence-electron chi connectivity index (χ4n) is 2.65. The zero-order valence-electron chi connectivity index (χ0n) is 11.7. The maximum absolute atomic E-state index is 12.3. The normalized spacial score (nSPS) is 17.9. The van der Waals surface area contributed by atoms with Gasteiger partial charge < -0.3 is 5.73 Å². The molecule has 1 atom stereocenters. The van der Waals surface area contributed by atoms with E-state index in [1.165, 1.54) is 24.2 Å². The summed E-state index contributed by atoms with van der Waals surface area (Å²) >= 11 is 1.34. The van der Waals surface area contributed by atoms with Crippen LogP contribution in [0.15, 0.2) is 16.3 Å². The maximum Gasteiger partial charge on any atom is 0.250 e. The van der Waals surface area contributed by atoms with E-state index in [9.17, 15) is 8.42 Å². The Balaban J connectivity index is 0.00000200. The molecule has 1 aliphatic carbocycles. The first kappa shape index (κ1) is 17.9. The van der Waals surface area contributed by atoms with E-state index in [1.807, 2.05) is 13.0 Å². The molecule has 1 heterocycles. The smallest absolute Gasteiger partial charge is 0.250 e. The maximum atomic E-state index is 12.3. The van der Waals surface area contributed by atoms with Crippen LogP contribution in [-0.4, -0.2) is 21.0 Å².